The van der Waals surface area contributed by atoms with Crippen molar-refractivity contribution in [1.82, 2.24) is 15.2 Å². The summed E-state index contributed by atoms with van der Waals surface area (Å²) in [6.07, 6.45) is 6.81. The van der Waals surface area contributed by atoms with Crippen molar-refractivity contribution in [2.24, 2.45) is 0 Å². The highest BCUT2D eigenvalue weighted by Crippen LogP contribution is 2.36. The monoisotopic (exact) mass is 379 g/mol. The summed E-state index contributed by atoms with van der Waals surface area (Å²) >= 11 is 0. The minimum absolute atomic E-state index is 0.0351. The number of hydrogen-bond acceptors (Lipinski definition) is 4. The maximum atomic E-state index is 12.8. The minimum atomic E-state index is -0.0747. The number of aromatic nitrogens is 1. The molecular weight excluding hydrogens is 354 g/mol. The third-order valence-electron chi connectivity index (χ3n) is 5.65. The van der Waals surface area contributed by atoms with E-state index in [-0.39, 0.29) is 36.5 Å². The molecule has 1 aromatic heterocycles. The van der Waals surface area contributed by atoms with Crippen LogP contribution in [0.4, 0.5) is 0 Å². The predicted octanol–water partition coefficient (Wildman–Crippen LogP) is 2.72. The van der Waals surface area contributed by atoms with Gasteiger partial charge in [-0.15, -0.1) is 0 Å². The SMILES string of the molecule is Cc1cccc(OCC(=O)N2C3CCC2CC(NC(=O)c2ccncc2)C3)c1. The first kappa shape index (κ1) is 18.5. The normalized spacial score (nSPS) is 23.3. The summed E-state index contributed by atoms with van der Waals surface area (Å²) in [4.78, 5) is 31.1. The van der Waals surface area contributed by atoms with E-state index in [9.17, 15) is 9.59 Å². The van der Waals surface area contributed by atoms with Gasteiger partial charge in [-0.05, 0) is 62.4 Å². The van der Waals surface area contributed by atoms with Gasteiger partial charge in [-0.2, -0.15) is 0 Å². The van der Waals surface area contributed by atoms with Gasteiger partial charge in [-0.25, -0.2) is 0 Å². The Morgan fingerprint density at radius 2 is 1.86 bits per heavy atom. The lowest BCUT2D eigenvalue weighted by Crippen LogP contribution is -2.53. The van der Waals surface area contributed by atoms with E-state index in [2.05, 4.69) is 10.3 Å². The van der Waals surface area contributed by atoms with Crippen molar-refractivity contribution in [1.29, 1.82) is 0 Å². The quantitative estimate of drug-likeness (QED) is 0.867. The number of carbonyl (C=O) groups is 2. The zero-order valence-corrected chi connectivity index (χ0v) is 16.0. The first-order valence-corrected chi connectivity index (χ1v) is 9.81. The van der Waals surface area contributed by atoms with Crippen molar-refractivity contribution in [2.45, 2.75) is 50.7 Å². The van der Waals surface area contributed by atoms with Gasteiger partial charge in [-0.3, -0.25) is 14.6 Å². The molecule has 2 atom stereocenters. The molecule has 2 aliphatic heterocycles. The molecule has 0 spiro atoms. The Bertz CT molecular complexity index is 841. The molecule has 28 heavy (non-hydrogen) atoms. The number of fused-ring (bicyclic) bond motifs is 2. The van der Waals surface area contributed by atoms with Crippen LogP contribution < -0.4 is 10.1 Å². The molecule has 2 aliphatic rings. The van der Waals surface area contributed by atoms with Gasteiger partial charge < -0.3 is 15.0 Å². The van der Waals surface area contributed by atoms with E-state index in [1.807, 2.05) is 36.1 Å². The number of benzene rings is 1. The van der Waals surface area contributed by atoms with Gasteiger partial charge in [0.15, 0.2) is 6.61 Å². The Morgan fingerprint density at radius 3 is 2.54 bits per heavy atom. The van der Waals surface area contributed by atoms with Gasteiger partial charge >= 0.3 is 0 Å². The number of ether oxygens (including phenoxy) is 1. The van der Waals surface area contributed by atoms with Crippen LogP contribution >= 0.6 is 0 Å². The number of piperidine rings is 1. The first-order valence-electron chi connectivity index (χ1n) is 9.81. The summed E-state index contributed by atoms with van der Waals surface area (Å²) in [5, 5.41) is 3.12. The molecular formula is C22H25N3O3. The Hall–Kier alpha value is -2.89. The second-order valence-corrected chi connectivity index (χ2v) is 7.67. The standard InChI is InChI=1S/C22H25N3O3/c1-15-3-2-4-20(11-15)28-14-21(26)25-18-5-6-19(25)13-17(12-18)24-22(27)16-7-9-23-10-8-16/h2-4,7-11,17-19H,5-6,12-14H2,1H3,(H,24,27). The van der Waals surface area contributed by atoms with Gasteiger partial charge in [0.1, 0.15) is 5.75 Å². The lowest BCUT2D eigenvalue weighted by atomic mass is 9.97. The fourth-order valence-electron chi connectivity index (χ4n) is 4.40. The molecule has 3 heterocycles. The van der Waals surface area contributed by atoms with Crippen molar-refractivity contribution in [3.05, 3.63) is 59.9 Å². The van der Waals surface area contributed by atoms with E-state index in [4.69, 9.17) is 4.74 Å². The van der Waals surface area contributed by atoms with Crippen LogP contribution in [0.2, 0.25) is 0 Å². The molecule has 2 aromatic rings. The highest BCUT2D eigenvalue weighted by molar-refractivity contribution is 5.94. The molecule has 2 unspecified atom stereocenters. The summed E-state index contributed by atoms with van der Waals surface area (Å²) in [5.41, 5.74) is 1.73. The van der Waals surface area contributed by atoms with E-state index < -0.39 is 0 Å². The van der Waals surface area contributed by atoms with Gasteiger partial charge in [0.2, 0.25) is 0 Å². The van der Waals surface area contributed by atoms with Crippen molar-refractivity contribution in [3.8, 4) is 5.75 Å². The largest absolute Gasteiger partial charge is 0.484 e. The second kappa shape index (κ2) is 8.00. The molecule has 6 nitrogen and oxygen atoms in total. The van der Waals surface area contributed by atoms with E-state index in [1.54, 1.807) is 24.5 Å². The second-order valence-electron chi connectivity index (χ2n) is 7.67. The average Bonchev–Trinajstić information content (AvgIpc) is 2.97. The van der Waals surface area contributed by atoms with Crippen LogP contribution in [-0.4, -0.2) is 46.4 Å². The van der Waals surface area contributed by atoms with E-state index >= 15 is 0 Å². The molecule has 6 heteroatoms. The van der Waals surface area contributed by atoms with Crippen LogP contribution in [-0.2, 0) is 4.79 Å². The molecule has 2 amide bonds. The zero-order chi connectivity index (χ0) is 19.5. The molecule has 2 saturated heterocycles. The number of aryl methyl sites for hydroxylation is 1. The molecule has 2 bridgehead atoms. The van der Waals surface area contributed by atoms with Gasteiger partial charge in [-0.1, -0.05) is 12.1 Å². The van der Waals surface area contributed by atoms with E-state index in [0.717, 1.165) is 37.0 Å². The first-order chi connectivity index (χ1) is 13.6. The zero-order valence-electron chi connectivity index (χ0n) is 16.0. The van der Waals surface area contributed by atoms with Crippen molar-refractivity contribution < 1.29 is 14.3 Å². The van der Waals surface area contributed by atoms with Crippen LogP contribution in [0, 0.1) is 6.92 Å². The molecule has 2 fully saturated rings. The minimum Gasteiger partial charge on any atom is -0.484 e. The van der Waals surface area contributed by atoms with E-state index in [1.165, 1.54) is 0 Å². The number of amides is 2. The predicted molar refractivity (Wildman–Crippen MR) is 105 cm³/mol. The van der Waals surface area contributed by atoms with E-state index in [0.29, 0.717) is 5.56 Å². The molecule has 1 aromatic carbocycles. The molecule has 0 aliphatic carbocycles. The number of nitrogens with zero attached hydrogens (tertiary/aromatic N) is 2. The highest BCUT2D eigenvalue weighted by atomic mass is 16.5. The molecule has 1 N–H and O–H groups in total. The van der Waals surface area contributed by atoms with Crippen molar-refractivity contribution in [2.75, 3.05) is 6.61 Å². The molecule has 146 valence electrons. The summed E-state index contributed by atoms with van der Waals surface area (Å²) in [6.45, 7) is 2.06. The lowest BCUT2D eigenvalue weighted by molar-refractivity contribution is -0.138. The third kappa shape index (κ3) is 4.01. The average molecular weight is 379 g/mol. The molecule has 0 saturated carbocycles. The number of rotatable bonds is 5. The Balaban J connectivity index is 1.33. The Morgan fingerprint density at radius 1 is 1.14 bits per heavy atom. The van der Waals surface area contributed by atoms with Gasteiger partial charge in [0, 0.05) is 36.1 Å². The molecule has 4 rings (SSSR count). The third-order valence-corrected chi connectivity index (χ3v) is 5.65. The van der Waals surface area contributed by atoms with Crippen LogP contribution in [0.1, 0.15) is 41.6 Å². The lowest BCUT2D eigenvalue weighted by Gasteiger charge is -2.39. The fraction of sp³-hybridized carbons (Fsp3) is 0.409. The fourth-order valence-corrected chi connectivity index (χ4v) is 4.40. The maximum absolute atomic E-state index is 12.8. The number of nitrogens with one attached hydrogen (secondary N) is 1. The van der Waals surface area contributed by atoms with Crippen molar-refractivity contribution in [3.63, 3.8) is 0 Å². The Kier molecular flexibility index (Phi) is 5.28. The summed E-state index contributed by atoms with van der Waals surface area (Å²) in [6, 6.07) is 11.6. The van der Waals surface area contributed by atoms with Crippen LogP contribution in [0.3, 0.4) is 0 Å². The number of pyridine rings is 1. The highest BCUT2D eigenvalue weighted by Gasteiger charge is 2.43. The summed E-state index contributed by atoms with van der Waals surface area (Å²) in [5.74, 6) is 0.683. The van der Waals surface area contributed by atoms with Crippen molar-refractivity contribution >= 4 is 11.8 Å². The number of hydrogen-bond donors (Lipinski definition) is 1. The van der Waals surface area contributed by atoms with Crippen LogP contribution in [0.15, 0.2) is 48.8 Å². The topological polar surface area (TPSA) is 71.5 Å². The summed E-state index contributed by atoms with van der Waals surface area (Å²) < 4.78 is 5.71. The smallest absolute Gasteiger partial charge is 0.261 e. The van der Waals surface area contributed by atoms with Gasteiger partial charge in [0.05, 0.1) is 0 Å². The van der Waals surface area contributed by atoms with Crippen LogP contribution in [0.25, 0.3) is 0 Å². The van der Waals surface area contributed by atoms with Gasteiger partial charge in [0.25, 0.3) is 11.8 Å². The van der Waals surface area contributed by atoms with Crippen LogP contribution in [0.5, 0.6) is 5.75 Å². The molecule has 0 radical (unpaired) electrons. The Labute approximate surface area is 164 Å². The summed E-state index contributed by atoms with van der Waals surface area (Å²) in [7, 11) is 0. The maximum Gasteiger partial charge on any atom is 0.261 e. The number of carbonyl (C=O) groups excluding carboxylic acids is 2.